The van der Waals surface area contributed by atoms with Gasteiger partial charge in [-0.2, -0.15) is 0 Å². The molecule has 3 aromatic rings. The van der Waals surface area contributed by atoms with E-state index in [0.717, 1.165) is 30.8 Å². The standard InChI is InChI=1S/C19H20N4/c1-2-7-18-17(6-1)21-19(14-8-9-14)23(18)16-12-22(13-16)11-15-5-3-4-10-20-15/h1-7,10,14,16H,8-9,11-13H2. The van der Waals surface area contributed by atoms with Gasteiger partial charge in [-0.1, -0.05) is 18.2 Å². The summed E-state index contributed by atoms with van der Waals surface area (Å²) in [5, 5.41) is 0. The maximum absolute atomic E-state index is 4.92. The zero-order chi connectivity index (χ0) is 15.2. The van der Waals surface area contributed by atoms with Gasteiger partial charge >= 0.3 is 0 Å². The van der Waals surface area contributed by atoms with Gasteiger partial charge in [0.05, 0.1) is 22.8 Å². The minimum absolute atomic E-state index is 0.557. The van der Waals surface area contributed by atoms with Crippen LogP contribution in [0.25, 0.3) is 11.0 Å². The summed E-state index contributed by atoms with van der Waals surface area (Å²) in [5.41, 5.74) is 3.61. The highest BCUT2D eigenvalue weighted by Crippen LogP contribution is 2.42. The van der Waals surface area contributed by atoms with Crippen molar-refractivity contribution in [2.75, 3.05) is 13.1 Å². The Bertz CT molecular complexity index is 829. The van der Waals surface area contributed by atoms with Crippen LogP contribution in [-0.2, 0) is 6.54 Å². The number of aromatic nitrogens is 3. The molecule has 4 nitrogen and oxygen atoms in total. The van der Waals surface area contributed by atoms with Crippen LogP contribution < -0.4 is 0 Å². The summed E-state index contributed by atoms with van der Waals surface area (Å²) in [6.45, 7) is 3.13. The van der Waals surface area contributed by atoms with Crippen molar-refractivity contribution < 1.29 is 0 Å². The second-order valence-electron chi connectivity index (χ2n) is 6.77. The summed E-state index contributed by atoms with van der Waals surface area (Å²) in [4.78, 5) is 11.8. The molecule has 2 aliphatic rings. The van der Waals surface area contributed by atoms with Crippen LogP contribution in [-0.4, -0.2) is 32.5 Å². The van der Waals surface area contributed by atoms with E-state index in [2.05, 4.69) is 50.8 Å². The minimum Gasteiger partial charge on any atom is -0.322 e. The third-order valence-electron chi connectivity index (χ3n) is 4.98. The van der Waals surface area contributed by atoms with Gasteiger partial charge in [0.15, 0.2) is 0 Å². The van der Waals surface area contributed by atoms with Crippen molar-refractivity contribution in [1.82, 2.24) is 19.4 Å². The summed E-state index contributed by atoms with van der Waals surface area (Å²) < 4.78 is 2.52. The molecule has 0 atom stereocenters. The molecular weight excluding hydrogens is 284 g/mol. The van der Waals surface area contributed by atoms with E-state index >= 15 is 0 Å². The molecule has 0 unspecified atom stereocenters. The molecule has 116 valence electrons. The maximum Gasteiger partial charge on any atom is 0.113 e. The Morgan fingerprint density at radius 1 is 1.00 bits per heavy atom. The minimum atomic E-state index is 0.557. The van der Waals surface area contributed by atoms with Crippen molar-refractivity contribution >= 4 is 11.0 Å². The number of benzene rings is 1. The van der Waals surface area contributed by atoms with E-state index < -0.39 is 0 Å². The number of nitrogens with zero attached hydrogens (tertiary/aromatic N) is 4. The van der Waals surface area contributed by atoms with Crippen molar-refractivity contribution in [2.45, 2.75) is 31.3 Å². The highest BCUT2D eigenvalue weighted by atomic mass is 15.3. The topological polar surface area (TPSA) is 34.0 Å². The van der Waals surface area contributed by atoms with Crippen LogP contribution in [0.15, 0.2) is 48.7 Å². The predicted octanol–water partition coefficient (Wildman–Crippen LogP) is 3.37. The Morgan fingerprint density at radius 3 is 2.61 bits per heavy atom. The van der Waals surface area contributed by atoms with Crippen molar-refractivity contribution in [3.8, 4) is 0 Å². The summed E-state index contributed by atoms with van der Waals surface area (Å²) in [6, 6.07) is 15.3. The highest BCUT2D eigenvalue weighted by molar-refractivity contribution is 5.76. The van der Waals surface area contributed by atoms with Gasteiger partial charge in [0.1, 0.15) is 5.82 Å². The largest absolute Gasteiger partial charge is 0.322 e. The Hall–Kier alpha value is -2.20. The third kappa shape index (κ3) is 2.34. The van der Waals surface area contributed by atoms with Gasteiger partial charge in [-0.25, -0.2) is 4.98 Å². The summed E-state index contributed by atoms with van der Waals surface area (Å²) in [5.74, 6) is 2.00. The number of likely N-dealkylation sites (tertiary alicyclic amines) is 1. The second-order valence-corrected chi connectivity index (χ2v) is 6.77. The fourth-order valence-electron chi connectivity index (χ4n) is 3.63. The molecule has 2 fully saturated rings. The predicted molar refractivity (Wildman–Crippen MR) is 90.3 cm³/mol. The average molecular weight is 304 g/mol. The van der Waals surface area contributed by atoms with Crippen LogP contribution in [0.4, 0.5) is 0 Å². The zero-order valence-corrected chi connectivity index (χ0v) is 13.1. The highest BCUT2D eigenvalue weighted by Gasteiger charge is 2.36. The Balaban J connectivity index is 1.39. The number of hydrogen-bond donors (Lipinski definition) is 0. The van der Waals surface area contributed by atoms with Gasteiger partial charge < -0.3 is 4.57 Å². The van der Waals surface area contributed by atoms with E-state index in [4.69, 9.17) is 4.98 Å². The van der Waals surface area contributed by atoms with Gasteiger partial charge in [-0.3, -0.25) is 9.88 Å². The van der Waals surface area contributed by atoms with Crippen LogP contribution in [0.1, 0.15) is 36.3 Å². The van der Waals surface area contributed by atoms with Crippen molar-refractivity contribution in [3.05, 3.63) is 60.2 Å². The smallest absolute Gasteiger partial charge is 0.113 e. The monoisotopic (exact) mass is 304 g/mol. The Labute approximate surface area is 135 Å². The molecule has 5 rings (SSSR count). The fraction of sp³-hybridized carbons (Fsp3) is 0.368. The number of imidazole rings is 1. The molecule has 1 saturated carbocycles. The molecule has 1 aliphatic heterocycles. The molecule has 0 N–H and O–H groups in total. The molecule has 1 aliphatic carbocycles. The van der Waals surface area contributed by atoms with Gasteiger partial charge in [0, 0.05) is 31.7 Å². The first-order valence-corrected chi connectivity index (χ1v) is 8.47. The molecule has 0 amide bonds. The van der Waals surface area contributed by atoms with E-state index in [1.165, 1.54) is 24.2 Å². The SMILES string of the molecule is c1ccc(CN2CC(n3c(C4CC4)nc4ccccc43)C2)nc1. The molecule has 3 heterocycles. The summed E-state index contributed by atoms with van der Waals surface area (Å²) in [6.07, 6.45) is 4.47. The van der Waals surface area contributed by atoms with Crippen LogP contribution in [0, 0.1) is 0 Å². The van der Waals surface area contributed by atoms with E-state index in [9.17, 15) is 0 Å². The van der Waals surface area contributed by atoms with Gasteiger partial charge in [0.2, 0.25) is 0 Å². The maximum atomic E-state index is 4.92. The van der Waals surface area contributed by atoms with E-state index in [1.54, 1.807) is 0 Å². The zero-order valence-electron chi connectivity index (χ0n) is 13.1. The van der Waals surface area contributed by atoms with Crippen molar-refractivity contribution in [2.24, 2.45) is 0 Å². The lowest BCUT2D eigenvalue weighted by Crippen LogP contribution is -2.47. The van der Waals surface area contributed by atoms with Crippen LogP contribution >= 0.6 is 0 Å². The van der Waals surface area contributed by atoms with Crippen LogP contribution in [0.3, 0.4) is 0 Å². The summed E-state index contributed by atoms with van der Waals surface area (Å²) in [7, 11) is 0. The number of pyridine rings is 1. The molecule has 1 saturated heterocycles. The first kappa shape index (κ1) is 13.3. The third-order valence-corrected chi connectivity index (χ3v) is 4.98. The lowest BCUT2D eigenvalue weighted by molar-refractivity contribution is 0.0981. The molecule has 0 bridgehead atoms. The lowest BCUT2D eigenvalue weighted by Gasteiger charge is -2.40. The quantitative estimate of drug-likeness (QED) is 0.741. The van der Waals surface area contributed by atoms with Crippen LogP contribution in [0.5, 0.6) is 0 Å². The number of para-hydroxylation sites is 2. The molecule has 4 heteroatoms. The molecule has 1 aromatic carbocycles. The Morgan fingerprint density at radius 2 is 1.83 bits per heavy atom. The van der Waals surface area contributed by atoms with Crippen LogP contribution in [0.2, 0.25) is 0 Å². The first-order chi connectivity index (χ1) is 11.4. The van der Waals surface area contributed by atoms with Crippen molar-refractivity contribution in [3.63, 3.8) is 0 Å². The van der Waals surface area contributed by atoms with Gasteiger partial charge in [0.25, 0.3) is 0 Å². The number of fused-ring (bicyclic) bond motifs is 1. The normalized spacial score (nSPS) is 19.1. The number of hydrogen-bond acceptors (Lipinski definition) is 3. The molecule has 0 spiro atoms. The Kier molecular flexibility index (Phi) is 2.98. The molecule has 0 radical (unpaired) electrons. The summed E-state index contributed by atoms with van der Waals surface area (Å²) >= 11 is 0. The van der Waals surface area contributed by atoms with E-state index in [1.807, 2.05) is 12.3 Å². The second kappa shape index (κ2) is 5.17. The molecule has 2 aromatic heterocycles. The van der Waals surface area contributed by atoms with Crippen molar-refractivity contribution in [1.29, 1.82) is 0 Å². The number of rotatable bonds is 4. The lowest BCUT2D eigenvalue weighted by atomic mass is 10.1. The van der Waals surface area contributed by atoms with Gasteiger partial charge in [-0.05, 0) is 37.1 Å². The van der Waals surface area contributed by atoms with E-state index in [0.29, 0.717) is 12.0 Å². The fourth-order valence-corrected chi connectivity index (χ4v) is 3.63. The van der Waals surface area contributed by atoms with Gasteiger partial charge in [-0.15, -0.1) is 0 Å². The molecule has 23 heavy (non-hydrogen) atoms. The molecular formula is C19H20N4. The average Bonchev–Trinajstić information content (AvgIpc) is 3.33. The van der Waals surface area contributed by atoms with E-state index in [-0.39, 0.29) is 0 Å². The first-order valence-electron chi connectivity index (χ1n) is 8.47.